The number of aliphatic hydroxyl groups excluding tert-OH is 7. The van der Waals surface area contributed by atoms with E-state index in [1.165, 1.54) is 116 Å². The van der Waals surface area contributed by atoms with Crippen LogP contribution in [0.1, 0.15) is 194 Å². The molecule has 1 saturated heterocycles. The van der Waals surface area contributed by atoms with Crippen molar-refractivity contribution >= 4 is 5.91 Å². The molecular weight excluding hydrogens is 702 g/mol. The molecule has 0 spiro atoms. The Bertz CT molecular complexity index is 908. The van der Waals surface area contributed by atoms with Crippen LogP contribution in [-0.4, -0.2) is 110 Å². The number of carbonyl (C=O) groups excluding carboxylic acids is 1. The second kappa shape index (κ2) is 34.9. The number of unbranched alkanes of at least 4 members (excludes halogenated alkanes) is 23. The molecule has 8 N–H and O–H groups in total. The van der Waals surface area contributed by atoms with Gasteiger partial charge in [0.1, 0.15) is 36.6 Å². The van der Waals surface area contributed by atoms with E-state index in [-0.39, 0.29) is 12.8 Å². The van der Waals surface area contributed by atoms with Crippen molar-refractivity contribution in [1.29, 1.82) is 0 Å². The van der Waals surface area contributed by atoms with Gasteiger partial charge in [0.25, 0.3) is 0 Å². The van der Waals surface area contributed by atoms with Gasteiger partial charge >= 0.3 is 0 Å². The van der Waals surface area contributed by atoms with Gasteiger partial charge in [-0.05, 0) is 38.5 Å². The lowest BCUT2D eigenvalue weighted by molar-refractivity contribution is -0.303. The zero-order valence-electron chi connectivity index (χ0n) is 34.9. The highest BCUT2D eigenvalue weighted by Crippen LogP contribution is 2.23. The molecule has 0 aromatic heterocycles. The second-order valence-corrected chi connectivity index (χ2v) is 16.1. The maximum atomic E-state index is 13.0. The Hall–Kier alpha value is -1.15. The zero-order valence-corrected chi connectivity index (χ0v) is 34.9. The molecule has 0 radical (unpaired) electrons. The monoisotopic (exact) mass is 788 g/mol. The first kappa shape index (κ1) is 51.9. The van der Waals surface area contributed by atoms with Gasteiger partial charge in [-0.1, -0.05) is 167 Å². The van der Waals surface area contributed by atoms with Crippen molar-refractivity contribution < 1.29 is 50.0 Å². The maximum absolute atomic E-state index is 13.0. The minimum absolute atomic E-state index is 0.257. The number of amides is 1. The van der Waals surface area contributed by atoms with Crippen LogP contribution in [0.3, 0.4) is 0 Å². The fraction of sp³-hybridized carbons (Fsp3) is 0.932. The molecule has 0 saturated carbocycles. The van der Waals surface area contributed by atoms with Crippen LogP contribution in [0.2, 0.25) is 0 Å². The first-order valence-electron chi connectivity index (χ1n) is 22.6. The molecule has 9 unspecified atom stereocenters. The largest absolute Gasteiger partial charge is 0.394 e. The van der Waals surface area contributed by atoms with Gasteiger partial charge < -0.3 is 50.5 Å². The van der Waals surface area contributed by atoms with Crippen LogP contribution in [0.15, 0.2) is 12.2 Å². The Morgan fingerprint density at radius 2 is 1.07 bits per heavy atom. The molecule has 1 heterocycles. The van der Waals surface area contributed by atoms with E-state index in [1.807, 2.05) is 0 Å². The lowest BCUT2D eigenvalue weighted by Gasteiger charge is -2.40. The Morgan fingerprint density at radius 1 is 0.618 bits per heavy atom. The van der Waals surface area contributed by atoms with Gasteiger partial charge in [-0.3, -0.25) is 4.79 Å². The summed E-state index contributed by atoms with van der Waals surface area (Å²) < 4.78 is 11.1. The minimum atomic E-state index is -1.66. The zero-order chi connectivity index (χ0) is 40.5. The van der Waals surface area contributed by atoms with E-state index in [2.05, 4.69) is 31.3 Å². The Labute approximate surface area is 334 Å². The van der Waals surface area contributed by atoms with Gasteiger partial charge in [0.05, 0.1) is 25.4 Å². The lowest BCUT2D eigenvalue weighted by atomic mass is 9.98. The third kappa shape index (κ3) is 25.1. The van der Waals surface area contributed by atoms with E-state index in [0.29, 0.717) is 12.8 Å². The van der Waals surface area contributed by atoms with Crippen molar-refractivity contribution in [3.63, 3.8) is 0 Å². The standard InChI is InChI=1S/C44H85NO10/c1-3-5-7-9-11-13-15-16-17-18-19-20-21-22-24-25-27-29-31-36(47)39(49)35(34-54-44-42(52)41(51)40(50)38(33-46)55-44)45-43(53)37(48)32-30-28-26-23-14-12-10-8-6-4-2/h24-25,35-42,44,46-52H,3-23,26-34H2,1-2H3,(H,45,53)/b25-24+. The fourth-order valence-electron chi connectivity index (χ4n) is 7.26. The van der Waals surface area contributed by atoms with E-state index >= 15 is 0 Å². The average molecular weight is 788 g/mol. The summed E-state index contributed by atoms with van der Waals surface area (Å²) in [6.07, 6.45) is 24.2. The van der Waals surface area contributed by atoms with E-state index < -0.39 is 74.2 Å². The molecule has 55 heavy (non-hydrogen) atoms. The normalized spacial score (nSPS) is 22.5. The molecule has 11 nitrogen and oxygen atoms in total. The highest BCUT2D eigenvalue weighted by Gasteiger charge is 2.44. The molecule has 1 rings (SSSR count). The molecule has 0 aromatic rings. The highest BCUT2D eigenvalue weighted by atomic mass is 16.7. The van der Waals surface area contributed by atoms with Gasteiger partial charge in [0.15, 0.2) is 6.29 Å². The summed E-state index contributed by atoms with van der Waals surface area (Å²) in [6.45, 7) is 3.40. The predicted molar refractivity (Wildman–Crippen MR) is 219 cm³/mol. The molecule has 0 aliphatic carbocycles. The molecule has 1 aliphatic heterocycles. The molecule has 1 aliphatic rings. The molecule has 326 valence electrons. The number of rotatable bonds is 37. The van der Waals surface area contributed by atoms with Crippen LogP contribution in [0.4, 0.5) is 0 Å². The molecule has 1 fully saturated rings. The van der Waals surface area contributed by atoms with Crippen LogP contribution >= 0.6 is 0 Å². The SMILES string of the molecule is CCCCCCCCCCCCCCC/C=C/CCCC(O)C(O)C(COC1OC(CO)C(O)C(O)C1O)NC(=O)C(O)CCCCCCCCCCCC. The van der Waals surface area contributed by atoms with Crippen LogP contribution in [0.25, 0.3) is 0 Å². The van der Waals surface area contributed by atoms with Crippen molar-refractivity contribution in [3.05, 3.63) is 12.2 Å². The number of hydrogen-bond acceptors (Lipinski definition) is 10. The molecule has 0 aromatic carbocycles. The Balaban J connectivity index is 2.47. The quantitative estimate of drug-likeness (QED) is 0.0243. The molecule has 0 bridgehead atoms. The van der Waals surface area contributed by atoms with E-state index in [1.54, 1.807) is 0 Å². The molecular formula is C44H85NO10. The number of carbonyl (C=O) groups is 1. The van der Waals surface area contributed by atoms with E-state index in [9.17, 15) is 40.5 Å². The smallest absolute Gasteiger partial charge is 0.249 e. The minimum Gasteiger partial charge on any atom is -0.394 e. The summed E-state index contributed by atoms with van der Waals surface area (Å²) >= 11 is 0. The number of nitrogens with one attached hydrogen (secondary N) is 1. The average Bonchev–Trinajstić information content (AvgIpc) is 3.18. The third-order valence-corrected chi connectivity index (χ3v) is 11.1. The predicted octanol–water partition coefficient (Wildman–Crippen LogP) is 6.89. The summed E-state index contributed by atoms with van der Waals surface area (Å²) in [4.78, 5) is 13.0. The maximum Gasteiger partial charge on any atom is 0.249 e. The van der Waals surface area contributed by atoms with Crippen molar-refractivity contribution in [3.8, 4) is 0 Å². The summed E-state index contributed by atoms with van der Waals surface area (Å²) in [5.41, 5.74) is 0. The second-order valence-electron chi connectivity index (χ2n) is 16.1. The van der Waals surface area contributed by atoms with Crippen molar-refractivity contribution in [1.82, 2.24) is 5.32 Å². The van der Waals surface area contributed by atoms with E-state index in [0.717, 1.165) is 38.5 Å². The van der Waals surface area contributed by atoms with Crippen molar-refractivity contribution in [2.24, 2.45) is 0 Å². The summed E-state index contributed by atoms with van der Waals surface area (Å²) in [6, 6.07) is -1.18. The van der Waals surface area contributed by atoms with Crippen LogP contribution in [0, 0.1) is 0 Å². The summed E-state index contributed by atoms with van der Waals surface area (Å²) in [5.74, 6) is -0.708. The molecule has 11 heteroatoms. The molecule has 9 atom stereocenters. The Morgan fingerprint density at radius 3 is 1.56 bits per heavy atom. The number of ether oxygens (including phenoxy) is 2. The van der Waals surface area contributed by atoms with Crippen molar-refractivity contribution in [2.45, 2.75) is 249 Å². The fourth-order valence-corrected chi connectivity index (χ4v) is 7.26. The lowest BCUT2D eigenvalue weighted by Crippen LogP contribution is -2.60. The first-order chi connectivity index (χ1) is 26.7. The first-order valence-corrected chi connectivity index (χ1v) is 22.6. The van der Waals surface area contributed by atoms with Gasteiger partial charge in [-0.15, -0.1) is 0 Å². The topological polar surface area (TPSA) is 189 Å². The van der Waals surface area contributed by atoms with Crippen molar-refractivity contribution in [2.75, 3.05) is 13.2 Å². The highest BCUT2D eigenvalue weighted by molar-refractivity contribution is 5.80. The van der Waals surface area contributed by atoms with Crippen LogP contribution in [-0.2, 0) is 14.3 Å². The third-order valence-electron chi connectivity index (χ3n) is 11.1. The number of aliphatic hydroxyl groups is 7. The number of allylic oxidation sites excluding steroid dienone is 2. The van der Waals surface area contributed by atoms with Gasteiger partial charge in [-0.2, -0.15) is 0 Å². The van der Waals surface area contributed by atoms with Gasteiger partial charge in [-0.25, -0.2) is 0 Å². The van der Waals surface area contributed by atoms with Gasteiger partial charge in [0, 0.05) is 0 Å². The van der Waals surface area contributed by atoms with Crippen LogP contribution in [0.5, 0.6) is 0 Å². The molecule has 1 amide bonds. The summed E-state index contributed by atoms with van der Waals surface area (Å²) in [7, 11) is 0. The summed E-state index contributed by atoms with van der Waals surface area (Å²) in [5, 5.41) is 75.4. The van der Waals surface area contributed by atoms with Gasteiger partial charge in [0.2, 0.25) is 5.91 Å². The van der Waals surface area contributed by atoms with Crippen LogP contribution < -0.4 is 5.32 Å². The number of hydrogen-bond donors (Lipinski definition) is 8. The Kier molecular flexibility index (Phi) is 32.9. The van der Waals surface area contributed by atoms with E-state index in [4.69, 9.17) is 9.47 Å².